The van der Waals surface area contributed by atoms with E-state index in [1.165, 1.54) is 29.8 Å². The first kappa shape index (κ1) is 13.0. The lowest BCUT2D eigenvalue weighted by Crippen LogP contribution is -2.19. The molecular formula is C12H20ClNS. The molecule has 1 aromatic rings. The van der Waals surface area contributed by atoms with Gasteiger partial charge < -0.3 is 0 Å². The van der Waals surface area contributed by atoms with Crippen molar-refractivity contribution in [1.29, 1.82) is 0 Å². The first-order chi connectivity index (χ1) is 7.11. The van der Waals surface area contributed by atoms with Crippen LogP contribution in [0.4, 0.5) is 0 Å². The van der Waals surface area contributed by atoms with Crippen LogP contribution in [0, 0.1) is 12.3 Å². The van der Waals surface area contributed by atoms with Crippen molar-refractivity contribution in [3.05, 3.63) is 16.1 Å². The van der Waals surface area contributed by atoms with Gasteiger partial charge in [-0.1, -0.05) is 20.3 Å². The van der Waals surface area contributed by atoms with E-state index in [0.717, 1.165) is 12.3 Å². The third kappa shape index (κ3) is 3.76. The minimum atomic E-state index is 0.298. The number of halogens is 1. The van der Waals surface area contributed by atoms with Crippen LogP contribution < -0.4 is 0 Å². The molecule has 86 valence electrons. The van der Waals surface area contributed by atoms with Crippen molar-refractivity contribution in [2.24, 2.45) is 5.41 Å². The summed E-state index contributed by atoms with van der Waals surface area (Å²) in [7, 11) is 0. The summed E-state index contributed by atoms with van der Waals surface area (Å²) >= 11 is 7.82. The van der Waals surface area contributed by atoms with Crippen LogP contribution in [0.3, 0.4) is 0 Å². The SMILES string of the molecule is CCCC(C)(CCl)CCc1scnc1C. The second kappa shape index (κ2) is 5.86. The first-order valence-corrected chi connectivity index (χ1v) is 6.97. The van der Waals surface area contributed by atoms with Gasteiger partial charge in [0.05, 0.1) is 11.2 Å². The van der Waals surface area contributed by atoms with E-state index in [9.17, 15) is 0 Å². The second-order valence-electron chi connectivity index (χ2n) is 4.56. The van der Waals surface area contributed by atoms with Crippen molar-refractivity contribution in [2.45, 2.75) is 46.5 Å². The molecule has 0 saturated carbocycles. The molecule has 1 unspecified atom stereocenters. The monoisotopic (exact) mass is 245 g/mol. The van der Waals surface area contributed by atoms with Gasteiger partial charge in [-0.15, -0.1) is 22.9 Å². The fourth-order valence-corrected chi connectivity index (χ4v) is 2.89. The molecule has 0 spiro atoms. The van der Waals surface area contributed by atoms with Crippen LogP contribution in [0.2, 0.25) is 0 Å². The Hall–Kier alpha value is -0.0800. The molecule has 1 nitrogen and oxygen atoms in total. The van der Waals surface area contributed by atoms with Gasteiger partial charge in [0.1, 0.15) is 0 Å². The smallest absolute Gasteiger partial charge is 0.0797 e. The van der Waals surface area contributed by atoms with E-state index in [1.54, 1.807) is 11.3 Å². The van der Waals surface area contributed by atoms with Crippen LogP contribution >= 0.6 is 22.9 Å². The molecule has 1 heterocycles. The quantitative estimate of drug-likeness (QED) is 0.676. The molecular weight excluding hydrogens is 226 g/mol. The Morgan fingerprint density at radius 1 is 1.47 bits per heavy atom. The molecule has 0 bridgehead atoms. The molecule has 0 aromatic carbocycles. The molecule has 3 heteroatoms. The summed E-state index contributed by atoms with van der Waals surface area (Å²) in [5, 5.41) is 0. The fraction of sp³-hybridized carbons (Fsp3) is 0.750. The number of hydrogen-bond donors (Lipinski definition) is 0. The Morgan fingerprint density at radius 2 is 2.20 bits per heavy atom. The number of rotatable bonds is 6. The zero-order valence-electron chi connectivity index (χ0n) is 9.85. The Morgan fingerprint density at radius 3 is 2.67 bits per heavy atom. The van der Waals surface area contributed by atoms with Gasteiger partial charge in [-0.25, -0.2) is 4.98 Å². The van der Waals surface area contributed by atoms with Gasteiger partial charge in [-0.3, -0.25) is 0 Å². The summed E-state index contributed by atoms with van der Waals surface area (Å²) in [5.41, 5.74) is 3.42. The molecule has 0 aliphatic rings. The fourth-order valence-electron chi connectivity index (χ4n) is 1.84. The molecule has 0 N–H and O–H groups in total. The summed E-state index contributed by atoms with van der Waals surface area (Å²) in [6.07, 6.45) is 4.73. The highest BCUT2D eigenvalue weighted by atomic mass is 35.5. The van der Waals surface area contributed by atoms with Crippen LogP contribution in [0.5, 0.6) is 0 Å². The van der Waals surface area contributed by atoms with Crippen molar-refractivity contribution in [3.63, 3.8) is 0 Å². The molecule has 15 heavy (non-hydrogen) atoms. The molecule has 1 aromatic heterocycles. The Labute approximate surface area is 102 Å². The number of aromatic nitrogens is 1. The molecule has 1 rings (SSSR count). The average molecular weight is 246 g/mol. The Balaban J connectivity index is 2.51. The predicted molar refractivity (Wildman–Crippen MR) is 68.9 cm³/mol. The van der Waals surface area contributed by atoms with Crippen LogP contribution in [0.15, 0.2) is 5.51 Å². The van der Waals surface area contributed by atoms with Crippen LogP contribution in [0.1, 0.15) is 43.7 Å². The lowest BCUT2D eigenvalue weighted by atomic mass is 9.83. The largest absolute Gasteiger partial charge is 0.250 e. The van der Waals surface area contributed by atoms with Gasteiger partial charge in [0, 0.05) is 10.8 Å². The summed E-state index contributed by atoms with van der Waals surface area (Å²) in [4.78, 5) is 5.69. The van der Waals surface area contributed by atoms with Crippen molar-refractivity contribution in [1.82, 2.24) is 4.98 Å². The highest BCUT2D eigenvalue weighted by Gasteiger charge is 2.22. The predicted octanol–water partition coefficient (Wildman–Crippen LogP) is 4.43. The lowest BCUT2D eigenvalue weighted by Gasteiger charge is -2.26. The van der Waals surface area contributed by atoms with E-state index in [4.69, 9.17) is 11.6 Å². The number of hydrogen-bond acceptors (Lipinski definition) is 2. The third-order valence-corrected chi connectivity index (χ3v) is 4.62. The molecule has 0 radical (unpaired) electrons. The maximum absolute atomic E-state index is 6.06. The molecule has 0 saturated heterocycles. The molecule has 0 aliphatic carbocycles. The lowest BCUT2D eigenvalue weighted by molar-refractivity contribution is 0.311. The maximum atomic E-state index is 6.06. The van der Waals surface area contributed by atoms with Crippen LogP contribution in [-0.4, -0.2) is 10.9 Å². The van der Waals surface area contributed by atoms with E-state index in [1.807, 2.05) is 5.51 Å². The van der Waals surface area contributed by atoms with Crippen molar-refractivity contribution in [2.75, 3.05) is 5.88 Å². The van der Waals surface area contributed by atoms with Gasteiger partial charge in [0.15, 0.2) is 0 Å². The Kier molecular flexibility index (Phi) is 5.07. The van der Waals surface area contributed by atoms with E-state index >= 15 is 0 Å². The van der Waals surface area contributed by atoms with E-state index in [0.29, 0.717) is 5.41 Å². The molecule has 0 aliphatic heterocycles. The minimum absolute atomic E-state index is 0.298. The van der Waals surface area contributed by atoms with Crippen molar-refractivity contribution >= 4 is 22.9 Å². The summed E-state index contributed by atoms with van der Waals surface area (Å²) in [6, 6.07) is 0. The maximum Gasteiger partial charge on any atom is 0.0797 e. The summed E-state index contributed by atoms with van der Waals surface area (Å²) in [5.74, 6) is 0.763. The highest BCUT2D eigenvalue weighted by molar-refractivity contribution is 7.09. The standard InChI is InChI=1S/C12H20ClNS/c1-4-6-12(3,8-13)7-5-11-10(2)14-9-15-11/h9H,4-8H2,1-3H3. The summed E-state index contributed by atoms with van der Waals surface area (Å²) in [6.45, 7) is 6.60. The van der Waals surface area contributed by atoms with Crippen LogP contribution in [0.25, 0.3) is 0 Å². The van der Waals surface area contributed by atoms with E-state index in [-0.39, 0.29) is 0 Å². The first-order valence-electron chi connectivity index (χ1n) is 5.56. The van der Waals surface area contributed by atoms with E-state index in [2.05, 4.69) is 25.8 Å². The number of nitrogens with zero attached hydrogens (tertiary/aromatic N) is 1. The molecule has 0 fully saturated rings. The third-order valence-electron chi connectivity index (χ3n) is 2.98. The zero-order chi connectivity index (χ0) is 11.3. The number of thiazole rings is 1. The second-order valence-corrected chi connectivity index (χ2v) is 5.76. The normalized spacial score (nSPS) is 15.2. The van der Waals surface area contributed by atoms with Crippen LogP contribution in [-0.2, 0) is 6.42 Å². The Bertz CT molecular complexity index is 298. The topological polar surface area (TPSA) is 12.9 Å². The van der Waals surface area contributed by atoms with E-state index < -0.39 is 0 Å². The average Bonchev–Trinajstić information content (AvgIpc) is 2.62. The minimum Gasteiger partial charge on any atom is -0.250 e. The number of alkyl halides is 1. The van der Waals surface area contributed by atoms with Gasteiger partial charge in [0.2, 0.25) is 0 Å². The highest BCUT2D eigenvalue weighted by Crippen LogP contribution is 2.31. The van der Waals surface area contributed by atoms with Gasteiger partial charge >= 0.3 is 0 Å². The van der Waals surface area contributed by atoms with Gasteiger partial charge in [-0.2, -0.15) is 0 Å². The number of aryl methyl sites for hydroxylation is 2. The zero-order valence-corrected chi connectivity index (χ0v) is 11.4. The van der Waals surface area contributed by atoms with Crippen molar-refractivity contribution < 1.29 is 0 Å². The molecule has 1 atom stereocenters. The van der Waals surface area contributed by atoms with Gasteiger partial charge in [0.25, 0.3) is 0 Å². The molecule has 0 amide bonds. The van der Waals surface area contributed by atoms with Crippen molar-refractivity contribution in [3.8, 4) is 0 Å². The summed E-state index contributed by atoms with van der Waals surface area (Å²) < 4.78 is 0. The van der Waals surface area contributed by atoms with Gasteiger partial charge in [-0.05, 0) is 31.6 Å².